The van der Waals surface area contributed by atoms with Gasteiger partial charge in [-0.2, -0.15) is 0 Å². The molecule has 0 aliphatic heterocycles. The molecular weight excluding hydrogens is 292 g/mol. The molecule has 0 saturated heterocycles. The summed E-state index contributed by atoms with van der Waals surface area (Å²) in [5.41, 5.74) is 0.696. The van der Waals surface area contributed by atoms with E-state index in [0.29, 0.717) is 12.0 Å². The molecular formula is C19H28O4. The van der Waals surface area contributed by atoms with Crippen molar-refractivity contribution in [1.29, 1.82) is 0 Å². The lowest BCUT2D eigenvalue weighted by Crippen LogP contribution is -2.53. The van der Waals surface area contributed by atoms with Crippen molar-refractivity contribution in [2.24, 2.45) is 22.7 Å². The number of fused-ring (bicyclic) bond motifs is 1. The number of aliphatic carboxylic acids is 2. The average Bonchev–Trinajstić information content (AvgIpc) is 2.45. The first-order valence-electron chi connectivity index (χ1n) is 8.44. The second-order valence-electron chi connectivity index (χ2n) is 7.81. The minimum absolute atomic E-state index is 0.115. The highest BCUT2D eigenvalue weighted by molar-refractivity contribution is 5.85. The molecule has 2 rings (SSSR count). The molecule has 0 aromatic heterocycles. The Bertz CT molecular complexity index is 562. The van der Waals surface area contributed by atoms with Gasteiger partial charge in [-0.05, 0) is 63.2 Å². The monoisotopic (exact) mass is 320 g/mol. The fourth-order valence-electron chi connectivity index (χ4n) is 5.02. The number of rotatable bonds is 4. The zero-order chi connectivity index (χ0) is 17.4. The highest BCUT2D eigenvalue weighted by atomic mass is 16.4. The number of carbonyl (C=O) groups is 2. The number of carboxylic acid groups (broad SMARTS) is 2. The molecule has 0 amide bonds. The quantitative estimate of drug-likeness (QED) is 0.599. The van der Waals surface area contributed by atoms with E-state index in [-0.39, 0.29) is 17.3 Å². The van der Waals surface area contributed by atoms with Crippen molar-refractivity contribution in [3.05, 3.63) is 23.8 Å². The van der Waals surface area contributed by atoms with E-state index in [4.69, 9.17) is 5.11 Å². The lowest BCUT2D eigenvalue weighted by atomic mass is 9.46. The van der Waals surface area contributed by atoms with Crippen LogP contribution in [-0.2, 0) is 9.59 Å². The number of hydrogen-bond donors (Lipinski definition) is 2. The normalized spacial score (nSPS) is 38.0. The Morgan fingerprint density at radius 1 is 1.30 bits per heavy atom. The second kappa shape index (κ2) is 6.14. The van der Waals surface area contributed by atoms with Crippen LogP contribution in [0.1, 0.15) is 59.3 Å². The summed E-state index contributed by atoms with van der Waals surface area (Å²) >= 11 is 0. The Morgan fingerprint density at radius 2 is 1.96 bits per heavy atom. The van der Waals surface area contributed by atoms with Crippen molar-refractivity contribution >= 4 is 11.9 Å². The van der Waals surface area contributed by atoms with Crippen LogP contribution in [-0.4, -0.2) is 22.2 Å². The molecule has 2 aliphatic rings. The van der Waals surface area contributed by atoms with Crippen LogP contribution < -0.4 is 0 Å². The van der Waals surface area contributed by atoms with Crippen LogP contribution in [0.3, 0.4) is 0 Å². The fraction of sp³-hybridized carbons (Fsp3) is 0.684. The second-order valence-corrected chi connectivity index (χ2v) is 7.81. The van der Waals surface area contributed by atoms with Gasteiger partial charge in [-0.1, -0.05) is 31.6 Å². The van der Waals surface area contributed by atoms with E-state index in [1.54, 1.807) is 13.0 Å². The Labute approximate surface area is 138 Å². The third kappa shape index (κ3) is 2.96. The summed E-state index contributed by atoms with van der Waals surface area (Å²) < 4.78 is 0. The van der Waals surface area contributed by atoms with Gasteiger partial charge in [0.2, 0.25) is 0 Å². The molecule has 0 aromatic rings. The van der Waals surface area contributed by atoms with Crippen LogP contribution in [0.4, 0.5) is 0 Å². The van der Waals surface area contributed by atoms with Gasteiger partial charge in [-0.15, -0.1) is 0 Å². The third-order valence-corrected chi connectivity index (χ3v) is 6.51. The summed E-state index contributed by atoms with van der Waals surface area (Å²) in [6, 6.07) is 0. The zero-order valence-electron chi connectivity index (χ0n) is 14.4. The van der Waals surface area contributed by atoms with E-state index in [1.165, 1.54) is 0 Å². The Balaban J connectivity index is 2.35. The van der Waals surface area contributed by atoms with Gasteiger partial charge < -0.3 is 10.2 Å². The molecule has 4 heteroatoms. The maximum absolute atomic E-state index is 11.9. The average molecular weight is 320 g/mol. The first-order chi connectivity index (χ1) is 10.6. The summed E-state index contributed by atoms with van der Waals surface area (Å²) in [6.45, 7) is 9.91. The van der Waals surface area contributed by atoms with Crippen molar-refractivity contribution in [3.8, 4) is 0 Å². The topological polar surface area (TPSA) is 74.6 Å². The molecule has 4 nitrogen and oxygen atoms in total. The smallest absolute Gasteiger partial charge is 0.330 e. The Kier molecular flexibility index (Phi) is 4.74. The van der Waals surface area contributed by atoms with Gasteiger partial charge in [0.15, 0.2) is 0 Å². The van der Waals surface area contributed by atoms with Gasteiger partial charge in [0.25, 0.3) is 0 Å². The lowest BCUT2D eigenvalue weighted by Gasteiger charge is -2.57. The van der Waals surface area contributed by atoms with Crippen LogP contribution in [0.5, 0.6) is 0 Å². The number of allylic oxidation sites excluding steroid dienone is 2. The SMILES string of the molecule is C=C1CC[C@@H]2[C@](C)(CCC[C@]2(C)C(=O)O)[C@H]1CC=C(C)C(=O)O. The summed E-state index contributed by atoms with van der Waals surface area (Å²) in [4.78, 5) is 22.9. The van der Waals surface area contributed by atoms with E-state index < -0.39 is 17.4 Å². The third-order valence-electron chi connectivity index (χ3n) is 6.51. The van der Waals surface area contributed by atoms with Crippen molar-refractivity contribution < 1.29 is 19.8 Å². The van der Waals surface area contributed by atoms with Crippen molar-refractivity contribution in [1.82, 2.24) is 0 Å². The number of hydrogen-bond acceptors (Lipinski definition) is 2. The summed E-state index contributed by atoms with van der Waals surface area (Å²) in [7, 11) is 0. The van der Waals surface area contributed by atoms with Crippen LogP contribution >= 0.6 is 0 Å². The summed E-state index contributed by atoms with van der Waals surface area (Å²) in [5.74, 6) is -1.31. The van der Waals surface area contributed by atoms with Crippen molar-refractivity contribution in [2.75, 3.05) is 0 Å². The standard InChI is InChI=1S/C19H28O4/c1-12-7-9-15-18(3,10-5-11-19(15,4)17(22)23)14(12)8-6-13(2)16(20)21/h6,14-15H,1,5,7-11H2,2-4H3,(H,20,21)(H,22,23)/t14-,15+,18+,19-/m0/s1. The molecule has 2 saturated carbocycles. The number of carboxylic acids is 2. The molecule has 0 aromatic carbocycles. The first kappa shape index (κ1) is 17.8. The largest absolute Gasteiger partial charge is 0.481 e. The van der Waals surface area contributed by atoms with E-state index >= 15 is 0 Å². The predicted octanol–water partition coefficient (Wildman–Crippen LogP) is 4.27. The molecule has 0 unspecified atom stereocenters. The van der Waals surface area contributed by atoms with Gasteiger partial charge >= 0.3 is 11.9 Å². The molecule has 0 radical (unpaired) electrons. The molecule has 128 valence electrons. The van der Waals surface area contributed by atoms with E-state index in [9.17, 15) is 14.7 Å². The zero-order valence-corrected chi connectivity index (χ0v) is 14.4. The maximum Gasteiger partial charge on any atom is 0.330 e. The Hall–Kier alpha value is -1.58. The van der Waals surface area contributed by atoms with Crippen LogP contribution in [0.2, 0.25) is 0 Å². The maximum atomic E-state index is 11.9. The molecule has 0 heterocycles. The molecule has 2 aliphatic carbocycles. The summed E-state index contributed by atoms with van der Waals surface area (Å²) in [5, 5.41) is 18.8. The minimum atomic E-state index is -0.896. The molecule has 4 atom stereocenters. The summed E-state index contributed by atoms with van der Waals surface area (Å²) in [6.07, 6.45) is 6.75. The highest BCUT2D eigenvalue weighted by Crippen LogP contribution is 2.61. The highest BCUT2D eigenvalue weighted by Gasteiger charge is 2.57. The van der Waals surface area contributed by atoms with Crippen molar-refractivity contribution in [3.63, 3.8) is 0 Å². The van der Waals surface area contributed by atoms with Gasteiger partial charge in [0, 0.05) is 5.57 Å². The van der Waals surface area contributed by atoms with Gasteiger partial charge in [-0.3, -0.25) is 4.79 Å². The van der Waals surface area contributed by atoms with Gasteiger partial charge in [0.1, 0.15) is 0 Å². The minimum Gasteiger partial charge on any atom is -0.481 e. The lowest BCUT2D eigenvalue weighted by molar-refractivity contribution is -0.164. The predicted molar refractivity (Wildman–Crippen MR) is 89.1 cm³/mol. The van der Waals surface area contributed by atoms with Gasteiger partial charge in [-0.25, -0.2) is 4.79 Å². The molecule has 0 spiro atoms. The Morgan fingerprint density at radius 3 is 2.52 bits per heavy atom. The van der Waals surface area contributed by atoms with Crippen LogP contribution in [0.15, 0.2) is 23.8 Å². The van der Waals surface area contributed by atoms with Crippen LogP contribution in [0, 0.1) is 22.7 Å². The molecule has 2 N–H and O–H groups in total. The van der Waals surface area contributed by atoms with Crippen molar-refractivity contribution in [2.45, 2.75) is 59.3 Å². The molecule has 2 fully saturated rings. The van der Waals surface area contributed by atoms with E-state index in [1.807, 2.05) is 6.92 Å². The molecule has 23 heavy (non-hydrogen) atoms. The first-order valence-corrected chi connectivity index (χ1v) is 8.44. The van der Waals surface area contributed by atoms with E-state index in [2.05, 4.69) is 13.5 Å². The van der Waals surface area contributed by atoms with Gasteiger partial charge in [0.05, 0.1) is 5.41 Å². The fourth-order valence-corrected chi connectivity index (χ4v) is 5.02. The molecule has 0 bridgehead atoms. The van der Waals surface area contributed by atoms with E-state index in [0.717, 1.165) is 37.7 Å². The van der Waals surface area contributed by atoms with Crippen LogP contribution in [0.25, 0.3) is 0 Å².